The molecule has 0 radical (unpaired) electrons. The molecule has 0 heterocycles. The molecule has 0 fully saturated rings. The summed E-state index contributed by atoms with van der Waals surface area (Å²) in [4.78, 5) is 11.4. The lowest BCUT2D eigenvalue weighted by atomic mass is 9.76. The largest absolute Gasteiger partial charge is 0.499 e. The van der Waals surface area contributed by atoms with Crippen LogP contribution in [0.5, 0.6) is 11.5 Å². The van der Waals surface area contributed by atoms with E-state index in [-0.39, 0.29) is 26.4 Å². The van der Waals surface area contributed by atoms with Gasteiger partial charge in [0.15, 0.2) is 0 Å². The number of hydrogen-bond donors (Lipinski definition) is 2. The Balaban J connectivity index is 1.64. The summed E-state index contributed by atoms with van der Waals surface area (Å²) in [6.45, 7) is 9.55. The molecule has 2 atom stereocenters. The fourth-order valence-corrected chi connectivity index (χ4v) is 4.91. The first kappa shape index (κ1) is 34.0. The SMILES string of the molecule is C=CC(=O)OCC(O)COc1ccc(C(C)(C)c2ccc(OCC(O)COC=CC)c(-c3ccccc3)c2)cc1-c1ccccc1. The van der Waals surface area contributed by atoms with Crippen molar-refractivity contribution in [3.05, 3.63) is 133 Å². The number of ether oxygens (including phenoxy) is 4. The quantitative estimate of drug-likeness (QED) is 0.0782. The van der Waals surface area contributed by atoms with Crippen LogP contribution in [0.15, 0.2) is 122 Å². The molecule has 2 unspecified atom stereocenters. The Kier molecular flexibility index (Phi) is 12.2. The zero-order valence-electron chi connectivity index (χ0n) is 26.6. The highest BCUT2D eigenvalue weighted by Gasteiger charge is 2.26. The third-order valence-corrected chi connectivity index (χ3v) is 7.54. The normalized spacial score (nSPS) is 12.7. The fourth-order valence-electron chi connectivity index (χ4n) is 4.91. The van der Waals surface area contributed by atoms with Crippen molar-refractivity contribution >= 4 is 5.97 Å². The van der Waals surface area contributed by atoms with Crippen molar-refractivity contribution in [2.24, 2.45) is 0 Å². The smallest absolute Gasteiger partial charge is 0.330 e. The van der Waals surface area contributed by atoms with Crippen LogP contribution in [0.4, 0.5) is 0 Å². The number of allylic oxidation sites excluding steroid dienone is 1. The summed E-state index contributed by atoms with van der Waals surface area (Å²) in [5.41, 5.74) is 5.46. The molecule has 0 aliphatic carbocycles. The molecule has 0 spiro atoms. The van der Waals surface area contributed by atoms with Crippen molar-refractivity contribution < 1.29 is 34.0 Å². The summed E-state index contributed by atoms with van der Waals surface area (Å²) in [6, 6.07) is 32.1. The van der Waals surface area contributed by atoms with Crippen LogP contribution >= 0.6 is 0 Å². The number of hydrogen-bond acceptors (Lipinski definition) is 7. The molecule has 240 valence electrons. The minimum absolute atomic E-state index is 0.0506. The summed E-state index contributed by atoms with van der Waals surface area (Å²) in [6.07, 6.45) is 2.59. The first-order valence-electron chi connectivity index (χ1n) is 15.3. The van der Waals surface area contributed by atoms with E-state index in [1.807, 2.05) is 85.8 Å². The first-order valence-corrected chi connectivity index (χ1v) is 15.3. The molecule has 4 aromatic rings. The third-order valence-electron chi connectivity index (χ3n) is 7.54. The molecule has 7 heteroatoms. The number of esters is 1. The van der Waals surface area contributed by atoms with E-state index in [0.717, 1.165) is 39.5 Å². The molecular weight excluding hydrogens is 580 g/mol. The standard InChI is InChI=1S/C39H42O7/c1-5-21-43-24-32(40)25-44-36-19-17-30(22-34(36)28-13-9-7-10-14-28)39(3,4)31-18-20-37(35(23-31)29-15-11-8-12-16-29)45-26-33(41)27-46-38(42)6-2/h5-23,32-33,40-41H,2,24-27H2,1,3-4H3. The second kappa shape index (κ2) is 16.5. The average molecular weight is 623 g/mol. The van der Waals surface area contributed by atoms with Gasteiger partial charge in [-0.05, 0) is 53.4 Å². The van der Waals surface area contributed by atoms with Gasteiger partial charge in [-0.3, -0.25) is 0 Å². The van der Waals surface area contributed by atoms with Crippen molar-refractivity contribution in [1.82, 2.24) is 0 Å². The molecule has 0 bridgehead atoms. The predicted molar refractivity (Wildman–Crippen MR) is 181 cm³/mol. The van der Waals surface area contributed by atoms with Crippen LogP contribution in [-0.2, 0) is 19.7 Å². The number of aliphatic hydroxyl groups is 2. The van der Waals surface area contributed by atoms with E-state index in [9.17, 15) is 15.0 Å². The predicted octanol–water partition coefficient (Wildman–Crippen LogP) is 7.11. The van der Waals surface area contributed by atoms with E-state index < -0.39 is 23.6 Å². The summed E-state index contributed by atoms with van der Waals surface area (Å²) in [5, 5.41) is 20.7. The van der Waals surface area contributed by atoms with E-state index in [2.05, 4.69) is 38.6 Å². The van der Waals surface area contributed by atoms with Gasteiger partial charge in [0.1, 0.15) is 50.1 Å². The second-order valence-electron chi connectivity index (χ2n) is 11.3. The molecular formula is C39H42O7. The summed E-state index contributed by atoms with van der Waals surface area (Å²) >= 11 is 0. The minimum Gasteiger partial charge on any atom is -0.499 e. The average Bonchev–Trinajstić information content (AvgIpc) is 3.09. The summed E-state index contributed by atoms with van der Waals surface area (Å²) in [5.74, 6) is 0.672. The van der Waals surface area contributed by atoms with Gasteiger partial charge in [0.25, 0.3) is 0 Å². The Bertz CT molecular complexity index is 1600. The molecule has 0 aromatic heterocycles. The molecule has 7 nitrogen and oxygen atoms in total. The van der Waals surface area contributed by atoms with Crippen molar-refractivity contribution in [3.63, 3.8) is 0 Å². The van der Waals surface area contributed by atoms with Gasteiger partial charge in [-0.2, -0.15) is 0 Å². The van der Waals surface area contributed by atoms with Gasteiger partial charge in [0.05, 0.1) is 6.26 Å². The molecule has 46 heavy (non-hydrogen) atoms. The van der Waals surface area contributed by atoms with Gasteiger partial charge in [-0.15, -0.1) is 0 Å². The molecule has 0 aliphatic heterocycles. The lowest BCUT2D eigenvalue weighted by Gasteiger charge is -2.29. The third kappa shape index (κ3) is 9.10. The van der Waals surface area contributed by atoms with Crippen LogP contribution in [-0.4, -0.2) is 54.8 Å². The first-order chi connectivity index (χ1) is 22.2. The topological polar surface area (TPSA) is 94.5 Å². The Morgan fingerprint density at radius 2 is 1.22 bits per heavy atom. The maximum atomic E-state index is 11.4. The molecule has 2 N–H and O–H groups in total. The number of carbonyl (C=O) groups excluding carboxylic acids is 1. The van der Waals surface area contributed by atoms with Crippen molar-refractivity contribution in [2.45, 2.75) is 38.4 Å². The lowest BCUT2D eigenvalue weighted by molar-refractivity contribution is -0.141. The fraction of sp³-hybridized carbons (Fsp3) is 0.256. The summed E-state index contributed by atoms with van der Waals surface area (Å²) < 4.78 is 22.4. The number of carbonyl (C=O) groups is 1. The highest BCUT2D eigenvalue weighted by Crippen LogP contribution is 2.41. The lowest BCUT2D eigenvalue weighted by Crippen LogP contribution is -2.25. The minimum atomic E-state index is -0.998. The van der Waals surface area contributed by atoms with Crippen LogP contribution in [0, 0.1) is 0 Å². The molecule has 0 saturated heterocycles. The van der Waals surface area contributed by atoms with Gasteiger partial charge >= 0.3 is 5.97 Å². The monoisotopic (exact) mass is 622 g/mol. The zero-order valence-corrected chi connectivity index (χ0v) is 26.6. The van der Waals surface area contributed by atoms with Gasteiger partial charge in [0.2, 0.25) is 0 Å². The van der Waals surface area contributed by atoms with Crippen LogP contribution in [0.3, 0.4) is 0 Å². The van der Waals surface area contributed by atoms with Crippen LogP contribution in [0.1, 0.15) is 31.9 Å². The highest BCUT2D eigenvalue weighted by atomic mass is 16.5. The molecule has 4 aromatic carbocycles. The van der Waals surface area contributed by atoms with Gasteiger partial charge in [-0.1, -0.05) is 99.3 Å². The second-order valence-corrected chi connectivity index (χ2v) is 11.3. The number of benzene rings is 4. The Hall–Kier alpha value is -4.85. The van der Waals surface area contributed by atoms with Crippen LogP contribution in [0.2, 0.25) is 0 Å². The number of rotatable bonds is 16. The zero-order chi connectivity index (χ0) is 32.9. The van der Waals surface area contributed by atoms with E-state index in [4.69, 9.17) is 18.9 Å². The molecule has 4 rings (SSSR count). The van der Waals surface area contributed by atoms with E-state index in [1.165, 1.54) is 0 Å². The van der Waals surface area contributed by atoms with Crippen LogP contribution in [0.25, 0.3) is 22.3 Å². The molecule has 0 amide bonds. The van der Waals surface area contributed by atoms with E-state index in [0.29, 0.717) is 11.5 Å². The van der Waals surface area contributed by atoms with E-state index >= 15 is 0 Å². The van der Waals surface area contributed by atoms with Gasteiger partial charge in [-0.25, -0.2) is 4.79 Å². The van der Waals surface area contributed by atoms with Crippen molar-refractivity contribution in [1.29, 1.82) is 0 Å². The summed E-state index contributed by atoms with van der Waals surface area (Å²) in [7, 11) is 0. The maximum absolute atomic E-state index is 11.4. The van der Waals surface area contributed by atoms with Gasteiger partial charge < -0.3 is 29.2 Å². The van der Waals surface area contributed by atoms with Crippen molar-refractivity contribution in [3.8, 4) is 33.8 Å². The van der Waals surface area contributed by atoms with Gasteiger partial charge in [0, 0.05) is 22.6 Å². The van der Waals surface area contributed by atoms with Crippen molar-refractivity contribution in [2.75, 3.05) is 26.4 Å². The number of aliphatic hydroxyl groups excluding tert-OH is 2. The highest BCUT2D eigenvalue weighted by molar-refractivity contribution is 5.81. The van der Waals surface area contributed by atoms with E-state index in [1.54, 1.807) is 12.3 Å². The molecule has 0 saturated carbocycles. The Morgan fingerprint density at radius 1 is 0.739 bits per heavy atom. The Morgan fingerprint density at radius 3 is 1.67 bits per heavy atom. The van der Waals surface area contributed by atoms with Crippen LogP contribution < -0.4 is 9.47 Å². The molecule has 0 aliphatic rings. The maximum Gasteiger partial charge on any atom is 0.330 e. The Labute approximate surface area is 271 Å².